The Labute approximate surface area is 117 Å². The molecule has 5 nitrogen and oxygen atoms in total. The molecule has 0 amide bonds. The second-order valence-corrected chi connectivity index (χ2v) is 4.72. The van der Waals surface area contributed by atoms with Crippen LogP contribution in [0.1, 0.15) is 36.5 Å². The summed E-state index contributed by atoms with van der Waals surface area (Å²) in [6, 6.07) is 9.03. The van der Waals surface area contributed by atoms with Crippen LogP contribution < -0.4 is 4.74 Å². The third-order valence-electron chi connectivity index (χ3n) is 3.08. The lowest BCUT2D eigenvalue weighted by atomic mass is 10.2. The Kier molecular flexibility index (Phi) is 4.08. The highest BCUT2D eigenvalue weighted by molar-refractivity contribution is 5.85. The van der Waals surface area contributed by atoms with Crippen molar-refractivity contribution < 1.29 is 14.6 Å². The molecule has 1 unspecified atom stereocenters. The van der Waals surface area contributed by atoms with Gasteiger partial charge in [-0.05, 0) is 38.5 Å². The number of hydrogen-bond donors (Lipinski definition) is 1. The first kappa shape index (κ1) is 14.1. The average molecular weight is 274 g/mol. The van der Waals surface area contributed by atoms with Gasteiger partial charge in [0.1, 0.15) is 5.75 Å². The quantitative estimate of drug-likeness (QED) is 0.910. The lowest BCUT2D eigenvalue weighted by Gasteiger charge is -2.13. The van der Waals surface area contributed by atoms with Crippen LogP contribution in [0.5, 0.6) is 5.75 Å². The molecule has 2 aromatic rings. The van der Waals surface area contributed by atoms with Crippen LogP contribution in [0.25, 0.3) is 5.69 Å². The fourth-order valence-corrected chi connectivity index (χ4v) is 1.84. The molecule has 106 valence electrons. The normalized spacial score (nSPS) is 12.2. The Morgan fingerprint density at radius 1 is 1.45 bits per heavy atom. The number of carboxylic acid groups (broad SMARTS) is 1. The Morgan fingerprint density at radius 3 is 2.80 bits per heavy atom. The van der Waals surface area contributed by atoms with Crippen LogP contribution in [0, 0.1) is 6.92 Å². The Hall–Kier alpha value is -2.30. The lowest BCUT2D eigenvalue weighted by molar-refractivity contribution is 0.0690. The molecule has 0 saturated carbocycles. The van der Waals surface area contributed by atoms with Gasteiger partial charge in [0.05, 0.1) is 11.8 Å². The molecular weight excluding hydrogens is 256 g/mol. The lowest BCUT2D eigenvalue weighted by Crippen LogP contribution is -2.10. The Bertz CT molecular complexity index is 619. The first-order valence-corrected chi connectivity index (χ1v) is 6.58. The van der Waals surface area contributed by atoms with Crippen molar-refractivity contribution >= 4 is 5.97 Å². The van der Waals surface area contributed by atoms with E-state index in [0.717, 1.165) is 23.6 Å². The van der Waals surface area contributed by atoms with Gasteiger partial charge >= 0.3 is 5.97 Å². The molecule has 0 aliphatic heterocycles. The minimum Gasteiger partial charge on any atom is -0.491 e. The fourth-order valence-electron chi connectivity index (χ4n) is 1.84. The summed E-state index contributed by atoms with van der Waals surface area (Å²) in [7, 11) is 0. The molecule has 0 aliphatic rings. The Balaban J connectivity index is 2.33. The second-order valence-electron chi connectivity index (χ2n) is 4.72. The molecule has 5 heteroatoms. The largest absolute Gasteiger partial charge is 0.491 e. The van der Waals surface area contributed by atoms with Crippen molar-refractivity contribution in [1.29, 1.82) is 0 Å². The average Bonchev–Trinajstić information content (AvgIpc) is 2.81. The molecule has 1 N–H and O–H groups in total. The summed E-state index contributed by atoms with van der Waals surface area (Å²) in [6.07, 6.45) is 1.06. The molecule has 1 aromatic heterocycles. The number of rotatable bonds is 5. The van der Waals surface area contributed by atoms with E-state index >= 15 is 0 Å². The van der Waals surface area contributed by atoms with Crippen LogP contribution in [0.4, 0.5) is 0 Å². The highest BCUT2D eigenvalue weighted by Crippen LogP contribution is 2.20. The van der Waals surface area contributed by atoms with Crippen LogP contribution in [-0.2, 0) is 0 Å². The van der Waals surface area contributed by atoms with Gasteiger partial charge in [-0.2, -0.15) is 5.10 Å². The summed E-state index contributed by atoms with van der Waals surface area (Å²) in [4.78, 5) is 10.9. The third kappa shape index (κ3) is 2.99. The molecule has 0 bridgehead atoms. The number of carbonyl (C=O) groups is 1. The fraction of sp³-hybridized carbons (Fsp3) is 0.333. The molecule has 1 atom stereocenters. The topological polar surface area (TPSA) is 64.4 Å². The van der Waals surface area contributed by atoms with Crippen molar-refractivity contribution in [2.75, 3.05) is 0 Å². The number of hydrogen-bond acceptors (Lipinski definition) is 3. The standard InChI is InChI=1S/C15H18N2O3/c1-4-11(3)20-13-7-5-6-12(9-13)17-10(2)8-14(16-17)15(18)19/h5-9,11H,4H2,1-3H3,(H,18,19). The SMILES string of the molecule is CCC(C)Oc1cccc(-n2nc(C(=O)O)cc2C)c1. The summed E-state index contributed by atoms with van der Waals surface area (Å²) < 4.78 is 7.37. The number of aryl methyl sites for hydroxylation is 1. The highest BCUT2D eigenvalue weighted by atomic mass is 16.5. The van der Waals surface area contributed by atoms with Gasteiger partial charge in [-0.3, -0.25) is 0 Å². The van der Waals surface area contributed by atoms with Crippen molar-refractivity contribution in [3.63, 3.8) is 0 Å². The molecule has 0 spiro atoms. The van der Waals surface area contributed by atoms with E-state index < -0.39 is 5.97 Å². The summed E-state index contributed by atoms with van der Waals surface area (Å²) in [5, 5.41) is 13.1. The number of ether oxygens (including phenoxy) is 1. The van der Waals surface area contributed by atoms with Crippen LogP contribution in [0.3, 0.4) is 0 Å². The van der Waals surface area contributed by atoms with Crippen molar-refractivity contribution in [1.82, 2.24) is 9.78 Å². The monoisotopic (exact) mass is 274 g/mol. The highest BCUT2D eigenvalue weighted by Gasteiger charge is 2.12. The Morgan fingerprint density at radius 2 is 2.20 bits per heavy atom. The summed E-state index contributed by atoms with van der Waals surface area (Å²) in [5.74, 6) is -0.275. The molecule has 2 rings (SSSR count). The number of aromatic nitrogens is 2. The van der Waals surface area contributed by atoms with E-state index in [2.05, 4.69) is 12.0 Å². The molecule has 1 aromatic carbocycles. The molecule has 0 aliphatic carbocycles. The summed E-state index contributed by atoms with van der Waals surface area (Å²) >= 11 is 0. The van der Waals surface area contributed by atoms with Gasteiger partial charge in [0.2, 0.25) is 0 Å². The van der Waals surface area contributed by atoms with E-state index in [0.29, 0.717) is 0 Å². The summed E-state index contributed by atoms with van der Waals surface area (Å²) in [5.41, 5.74) is 1.59. The third-order valence-corrected chi connectivity index (χ3v) is 3.08. The summed E-state index contributed by atoms with van der Waals surface area (Å²) in [6.45, 7) is 5.89. The molecule has 0 radical (unpaired) electrons. The smallest absolute Gasteiger partial charge is 0.356 e. The van der Waals surface area contributed by atoms with E-state index in [-0.39, 0.29) is 11.8 Å². The number of nitrogens with zero attached hydrogens (tertiary/aromatic N) is 2. The molecule has 0 fully saturated rings. The first-order chi connectivity index (χ1) is 9.51. The molecule has 1 heterocycles. The van der Waals surface area contributed by atoms with E-state index in [9.17, 15) is 4.79 Å². The maximum absolute atomic E-state index is 10.9. The van der Waals surface area contributed by atoms with Gasteiger partial charge in [-0.15, -0.1) is 0 Å². The van der Waals surface area contributed by atoms with Gasteiger partial charge in [-0.25, -0.2) is 9.48 Å². The van der Waals surface area contributed by atoms with Gasteiger partial charge in [0.25, 0.3) is 0 Å². The molecular formula is C15H18N2O3. The molecule has 20 heavy (non-hydrogen) atoms. The van der Waals surface area contributed by atoms with Crippen LogP contribution in [0.2, 0.25) is 0 Å². The van der Waals surface area contributed by atoms with E-state index in [1.54, 1.807) is 10.7 Å². The first-order valence-electron chi connectivity index (χ1n) is 6.58. The zero-order valence-electron chi connectivity index (χ0n) is 11.8. The van der Waals surface area contributed by atoms with Crippen molar-refractivity contribution in [3.05, 3.63) is 41.7 Å². The van der Waals surface area contributed by atoms with Gasteiger partial charge in [0, 0.05) is 11.8 Å². The van der Waals surface area contributed by atoms with Crippen LogP contribution in [0.15, 0.2) is 30.3 Å². The van der Waals surface area contributed by atoms with E-state index in [1.165, 1.54) is 0 Å². The predicted octanol–water partition coefficient (Wildman–Crippen LogP) is 3.06. The van der Waals surface area contributed by atoms with Gasteiger partial charge < -0.3 is 9.84 Å². The zero-order valence-corrected chi connectivity index (χ0v) is 11.8. The minimum absolute atomic E-state index is 0.0377. The maximum Gasteiger partial charge on any atom is 0.356 e. The van der Waals surface area contributed by atoms with Crippen LogP contribution >= 0.6 is 0 Å². The second kappa shape index (κ2) is 5.77. The number of carboxylic acids is 1. The van der Waals surface area contributed by atoms with Gasteiger partial charge in [0.15, 0.2) is 5.69 Å². The maximum atomic E-state index is 10.9. The molecule has 0 saturated heterocycles. The van der Waals surface area contributed by atoms with Crippen molar-refractivity contribution in [2.45, 2.75) is 33.3 Å². The zero-order chi connectivity index (χ0) is 14.7. The van der Waals surface area contributed by atoms with Crippen LogP contribution in [-0.4, -0.2) is 27.0 Å². The number of aromatic carboxylic acids is 1. The van der Waals surface area contributed by atoms with E-state index in [4.69, 9.17) is 9.84 Å². The number of benzene rings is 1. The van der Waals surface area contributed by atoms with Gasteiger partial charge in [-0.1, -0.05) is 13.0 Å². The van der Waals surface area contributed by atoms with E-state index in [1.807, 2.05) is 38.1 Å². The van der Waals surface area contributed by atoms with Crippen molar-refractivity contribution in [3.8, 4) is 11.4 Å². The predicted molar refractivity (Wildman–Crippen MR) is 75.6 cm³/mol. The van der Waals surface area contributed by atoms with Crippen molar-refractivity contribution in [2.24, 2.45) is 0 Å². The minimum atomic E-state index is -1.03.